The van der Waals surface area contributed by atoms with E-state index in [0.717, 1.165) is 18.4 Å². The van der Waals surface area contributed by atoms with Crippen molar-refractivity contribution in [1.29, 1.82) is 0 Å². The van der Waals surface area contributed by atoms with Crippen LogP contribution in [0, 0.1) is 5.41 Å². The fourth-order valence-electron chi connectivity index (χ4n) is 5.16. The maximum atomic E-state index is 13.3. The molecule has 36 heavy (non-hydrogen) atoms. The Hall–Kier alpha value is -2.43. The SMILES string of the molecule is C[C@@H](OC[C@@]1(c2ccccc2)CC[C@]2(CCC(=O)C2)CN1)c1cc(C(F)(F)F)cc(C(F)(F)F)c1.O. The number of hydrogen-bond acceptors (Lipinski definition) is 3. The second kappa shape index (κ2) is 10.1. The number of Topliss-reactive ketones (excluding diaryl/α,β-unsaturated/α-hetero) is 1. The van der Waals surface area contributed by atoms with Crippen LogP contribution < -0.4 is 5.32 Å². The molecule has 1 saturated heterocycles. The molecule has 1 spiro atoms. The van der Waals surface area contributed by atoms with Crippen molar-refractivity contribution >= 4 is 5.78 Å². The summed E-state index contributed by atoms with van der Waals surface area (Å²) < 4.78 is 85.7. The average molecular weight is 518 g/mol. The van der Waals surface area contributed by atoms with Gasteiger partial charge in [-0.15, -0.1) is 0 Å². The number of piperidine rings is 1. The Bertz CT molecular complexity index is 1030. The molecule has 1 saturated carbocycles. The van der Waals surface area contributed by atoms with Crippen LogP contribution in [0.25, 0.3) is 0 Å². The monoisotopic (exact) mass is 517 g/mol. The molecular weight excluding hydrogens is 488 g/mol. The number of nitrogens with one attached hydrogen (secondary N) is 1. The van der Waals surface area contributed by atoms with Crippen LogP contribution in [0.15, 0.2) is 48.5 Å². The number of alkyl halides is 6. The van der Waals surface area contributed by atoms with Crippen LogP contribution in [-0.4, -0.2) is 24.4 Å². The molecule has 2 aromatic carbocycles. The second-order valence-electron chi connectivity index (χ2n) is 9.81. The van der Waals surface area contributed by atoms with Crippen molar-refractivity contribution in [3.63, 3.8) is 0 Å². The van der Waals surface area contributed by atoms with Crippen molar-refractivity contribution in [2.75, 3.05) is 13.2 Å². The molecule has 3 N–H and O–H groups in total. The normalized spacial score (nSPS) is 25.6. The smallest absolute Gasteiger partial charge is 0.412 e. The summed E-state index contributed by atoms with van der Waals surface area (Å²) in [4.78, 5) is 11.9. The van der Waals surface area contributed by atoms with E-state index in [0.29, 0.717) is 37.9 Å². The van der Waals surface area contributed by atoms with Crippen LogP contribution in [0.4, 0.5) is 26.3 Å². The topological polar surface area (TPSA) is 69.8 Å². The van der Waals surface area contributed by atoms with Gasteiger partial charge in [0.05, 0.1) is 29.4 Å². The maximum absolute atomic E-state index is 13.3. The third kappa shape index (κ3) is 5.92. The van der Waals surface area contributed by atoms with Gasteiger partial charge in [0, 0.05) is 19.4 Å². The first kappa shape index (κ1) is 28.1. The predicted octanol–water partition coefficient (Wildman–Crippen LogP) is 6.00. The van der Waals surface area contributed by atoms with Crippen LogP contribution >= 0.6 is 0 Å². The quantitative estimate of drug-likeness (QED) is 0.495. The van der Waals surface area contributed by atoms with E-state index in [9.17, 15) is 31.1 Å². The van der Waals surface area contributed by atoms with Gasteiger partial charge in [-0.05, 0) is 60.9 Å². The summed E-state index contributed by atoms with van der Waals surface area (Å²) in [6.45, 7) is 2.10. The Balaban J connectivity index is 0.00000361. The molecule has 3 atom stereocenters. The Morgan fingerprint density at radius 3 is 2.03 bits per heavy atom. The van der Waals surface area contributed by atoms with Gasteiger partial charge in [0.25, 0.3) is 0 Å². The molecule has 10 heteroatoms. The largest absolute Gasteiger partial charge is 0.416 e. The van der Waals surface area contributed by atoms with Crippen LogP contribution in [0.5, 0.6) is 0 Å². The Morgan fingerprint density at radius 1 is 0.944 bits per heavy atom. The molecule has 0 aromatic heterocycles. The van der Waals surface area contributed by atoms with Gasteiger partial charge in [0.1, 0.15) is 5.78 Å². The number of benzene rings is 2. The molecule has 2 aliphatic rings. The Labute approximate surface area is 205 Å². The zero-order chi connectivity index (χ0) is 25.5. The van der Waals surface area contributed by atoms with Gasteiger partial charge in [-0.25, -0.2) is 0 Å². The van der Waals surface area contributed by atoms with Crippen molar-refractivity contribution in [1.82, 2.24) is 5.32 Å². The summed E-state index contributed by atoms with van der Waals surface area (Å²) in [5, 5.41) is 3.54. The fraction of sp³-hybridized carbons (Fsp3) is 0.500. The Morgan fingerprint density at radius 2 is 1.56 bits per heavy atom. The van der Waals surface area contributed by atoms with E-state index in [2.05, 4.69) is 5.32 Å². The molecule has 1 aliphatic carbocycles. The zero-order valence-corrected chi connectivity index (χ0v) is 19.7. The molecule has 1 aliphatic heterocycles. The summed E-state index contributed by atoms with van der Waals surface area (Å²) in [6, 6.07) is 11.0. The first-order valence-electron chi connectivity index (χ1n) is 11.6. The number of carbonyl (C=O) groups excluding carboxylic acids is 1. The number of carbonyl (C=O) groups is 1. The summed E-state index contributed by atoms with van der Waals surface area (Å²) in [6.07, 6.45) is -7.54. The fourth-order valence-corrected chi connectivity index (χ4v) is 5.16. The molecule has 2 fully saturated rings. The number of rotatable bonds is 5. The van der Waals surface area contributed by atoms with Crippen molar-refractivity contribution in [2.45, 2.75) is 63.0 Å². The predicted molar refractivity (Wildman–Crippen MR) is 121 cm³/mol. The van der Waals surface area contributed by atoms with E-state index in [-0.39, 0.29) is 34.9 Å². The second-order valence-corrected chi connectivity index (χ2v) is 9.81. The molecule has 0 bridgehead atoms. The highest BCUT2D eigenvalue weighted by Crippen LogP contribution is 2.47. The minimum atomic E-state index is -4.92. The van der Waals surface area contributed by atoms with Gasteiger partial charge >= 0.3 is 12.4 Å². The van der Waals surface area contributed by atoms with E-state index in [4.69, 9.17) is 4.74 Å². The average Bonchev–Trinajstić information content (AvgIpc) is 3.18. The van der Waals surface area contributed by atoms with Gasteiger partial charge in [0.2, 0.25) is 0 Å². The first-order chi connectivity index (χ1) is 16.3. The van der Waals surface area contributed by atoms with Crippen LogP contribution in [0.3, 0.4) is 0 Å². The van der Waals surface area contributed by atoms with Crippen LogP contribution in [0.2, 0.25) is 0 Å². The lowest BCUT2D eigenvalue weighted by Crippen LogP contribution is -2.55. The summed E-state index contributed by atoms with van der Waals surface area (Å²) in [7, 11) is 0. The maximum Gasteiger partial charge on any atom is 0.416 e. The molecule has 4 rings (SSSR count). The van der Waals surface area contributed by atoms with Crippen molar-refractivity contribution < 1.29 is 41.4 Å². The molecule has 4 nitrogen and oxygen atoms in total. The molecule has 2 aromatic rings. The van der Waals surface area contributed by atoms with E-state index < -0.39 is 35.1 Å². The van der Waals surface area contributed by atoms with Crippen molar-refractivity contribution in [3.8, 4) is 0 Å². The highest BCUT2D eigenvalue weighted by Gasteiger charge is 2.47. The molecular formula is C26H29F6NO3. The van der Waals surface area contributed by atoms with Crippen LogP contribution in [0.1, 0.15) is 67.4 Å². The highest BCUT2D eigenvalue weighted by atomic mass is 19.4. The lowest BCUT2D eigenvalue weighted by molar-refractivity contribution is -0.143. The molecule has 0 amide bonds. The number of hydrogen-bond donors (Lipinski definition) is 1. The van der Waals surface area contributed by atoms with Crippen LogP contribution in [-0.2, 0) is 27.4 Å². The summed E-state index contributed by atoms with van der Waals surface area (Å²) in [5.41, 5.74) is -2.77. The zero-order valence-electron chi connectivity index (χ0n) is 19.7. The van der Waals surface area contributed by atoms with Gasteiger partial charge in [-0.1, -0.05) is 30.3 Å². The minimum absolute atomic E-state index is 0. The van der Waals surface area contributed by atoms with Gasteiger partial charge in [0.15, 0.2) is 0 Å². The number of ether oxygens (including phenoxy) is 1. The first-order valence-corrected chi connectivity index (χ1v) is 11.6. The van der Waals surface area contributed by atoms with Gasteiger partial charge in [-0.2, -0.15) is 26.3 Å². The van der Waals surface area contributed by atoms with E-state index >= 15 is 0 Å². The molecule has 198 valence electrons. The number of ketones is 1. The lowest BCUT2D eigenvalue weighted by Gasteiger charge is -2.46. The van der Waals surface area contributed by atoms with E-state index in [1.54, 1.807) is 0 Å². The third-order valence-corrected chi connectivity index (χ3v) is 7.38. The standard InChI is InChI=1S/C26H27F6NO2.H2O/c1-17(18-11-20(25(27,28)29)13-21(12-18)26(30,31)32)35-16-24(19-5-3-2-4-6-19)10-9-23(15-33-24)8-7-22(34)14-23;/h2-6,11-13,17,33H,7-10,14-16H2,1H3;1H2/t17-,23+,24-;/m1./s1. The van der Waals surface area contributed by atoms with Gasteiger partial charge in [-0.3, -0.25) is 4.79 Å². The molecule has 0 radical (unpaired) electrons. The van der Waals surface area contributed by atoms with Crippen molar-refractivity contribution in [3.05, 3.63) is 70.8 Å². The van der Waals surface area contributed by atoms with E-state index in [1.807, 2.05) is 30.3 Å². The number of halogens is 6. The molecule has 1 heterocycles. The van der Waals surface area contributed by atoms with E-state index in [1.165, 1.54) is 6.92 Å². The minimum Gasteiger partial charge on any atom is -0.412 e. The lowest BCUT2D eigenvalue weighted by atomic mass is 9.71. The Kier molecular flexibility index (Phi) is 7.93. The summed E-state index contributed by atoms with van der Waals surface area (Å²) in [5.74, 6) is 0.244. The highest BCUT2D eigenvalue weighted by molar-refractivity contribution is 5.81. The van der Waals surface area contributed by atoms with Gasteiger partial charge < -0.3 is 15.5 Å². The molecule has 0 unspecified atom stereocenters. The summed E-state index contributed by atoms with van der Waals surface area (Å²) >= 11 is 0. The van der Waals surface area contributed by atoms with Crippen molar-refractivity contribution in [2.24, 2.45) is 5.41 Å². The third-order valence-electron chi connectivity index (χ3n) is 7.38.